The lowest BCUT2D eigenvalue weighted by Crippen LogP contribution is -2.37. The van der Waals surface area contributed by atoms with Crippen molar-refractivity contribution in [3.8, 4) is 5.75 Å². The zero-order chi connectivity index (χ0) is 22.2. The van der Waals surface area contributed by atoms with Gasteiger partial charge in [0.15, 0.2) is 6.10 Å². The van der Waals surface area contributed by atoms with Crippen LogP contribution in [-0.2, 0) is 14.4 Å². The third-order valence-corrected chi connectivity index (χ3v) is 6.22. The first kappa shape index (κ1) is 20.7. The number of benzene rings is 3. The van der Waals surface area contributed by atoms with Gasteiger partial charge in [-0.2, -0.15) is 0 Å². The first-order valence-corrected chi connectivity index (χ1v) is 11.3. The van der Waals surface area contributed by atoms with Crippen LogP contribution < -0.4 is 14.7 Å². The number of halogens is 1. The third-order valence-electron chi connectivity index (χ3n) is 5.72. The Kier molecular flexibility index (Phi) is 5.45. The molecule has 32 heavy (non-hydrogen) atoms. The van der Waals surface area contributed by atoms with Gasteiger partial charge in [0.05, 0.1) is 24.0 Å². The van der Waals surface area contributed by atoms with E-state index in [2.05, 4.69) is 15.9 Å². The molecule has 2 heterocycles. The van der Waals surface area contributed by atoms with Crippen molar-refractivity contribution in [2.75, 3.05) is 16.6 Å². The number of carbonyl (C=O) groups is 2. The smallest absolute Gasteiger partial charge is 0.266 e. The molecule has 0 bridgehead atoms. The highest BCUT2D eigenvalue weighted by Crippen LogP contribution is 2.48. The molecule has 3 aromatic carbocycles. The monoisotopic (exact) mass is 492 g/mol. The number of carbonyl (C=O) groups excluding carboxylic acids is 2. The summed E-state index contributed by atoms with van der Waals surface area (Å²) in [6.45, 7) is 2.29. The number of nitrogens with zero attached hydrogens (tertiary/aromatic N) is 2. The van der Waals surface area contributed by atoms with E-state index in [9.17, 15) is 9.59 Å². The first-order chi connectivity index (χ1) is 15.6. The number of ether oxygens (including phenoxy) is 1. The van der Waals surface area contributed by atoms with Crippen molar-refractivity contribution in [3.05, 3.63) is 88.9 Å². The maximum atomic E-state index is 13.7. The van der Waals surface area contributed by atoms with Crippen LogP contribution in [0.25, 0.3) is 0 Å². The van der Waals surface area contributed by atoms with Gasteiger partial charge in [-0.3, -0.25) is 14.4 Å². The van der Waals surface area contributed by atoms with Gasteiger partial charge >= 0.3 is 0 Å². The zero-order valence-electron chi connectivity index (χ0n) is 17.4. The zero-order valence-corrected chi connectivity index (χ0v) is 18.9. The lowest BCUT2D eigenvalue weighted by molar-refractivity contribution is -0.126. The van der Waals surface area contributed by atoms with E-state index in [1.807, 2.05) is 67.6 Å². The number of hydrogen-bond donors (Lipinski definition) is 0. The number of rotatable bonds is 5. The minimum absolute atomic E-state index is 0.296. The Morgan fingerprint density at radius 3 is 2.44 bits per heavy atom. The van der Waals surface area contributed by atoms with E-state index < -0.39 is 18.1 Å². The van der Waals surface area contributed by atoms with Gasteiger partial charge in [0.2, 0.25) is 5.91 Å². The van der Waals surface area contributed by atoms with E-state index in [-0.39, 0.29) is 11.8 Å². The molecule has 2 saturated heterocycles. The molecular weight excluding hydrogens is 472 g/mol. The van der Waals surface area contributed by atoms with Gasteiger partial charge in [-0.05, 0) is 48.9 Å². The van der Waals surface area contributed by atoms with Crippen molar-refractivity contribution in [2.24, 2.45) is 5.92 Å². The molecule has 3 atom stereocenters. The van der Waals surface area contributed by atoms with Crippen LogP contribution in [0.15, 0.2) is 83.3 Å². The summed E-state index contributed by atoms with van der Waals surface area (Å²) in [7, 11) is 0. The van der Waals surface area contributed by atoms with Gasteiger partial charge in [0, 0.05) is 4.47 Å². The quantitative estimate of drug-likeness (QED) is 0.474. The van der Waals surface area contributed by atoms with Crippen LogP contribution in [0.5, 0.6) is 5.75 Å². The Balaban J connectivity index is 1.59. The highest BCUT2D eigenvalue weighted by atomic mass is 79.9. The molecule has 2 fully saturated rings. The topological polar surface area (TPSA) is 59.1 Å². The van der Waals surface area contributed by atoms with Gasteiger partial charge in [0.1, 0.15) is 11.7 Å². The molecule has 2 amide bonds. The van der Waals surface area contributed by atoms with Crippen LogP contribution in [0.2, 0.25) is 0 Å². The van der Waals surface area contributed by atoms with Crippen LogP contribution in [0.1, 0.15) is 18.5 Å². The largest absolute Gasteiger partial charge is 0.492 e. The predicted octanol–water partition coefficient (Wildman–Crippen LogP) is 4.90. The second-order valence-corrected chi connectivity index (χ2v) is 8.54. The molecule has 2 aliphatic rings. The predicted molar refractivity (Wildman–Crippen MR) is 124 cm³/mol. The van der Waals surface area contributed by atoms with Gasteiger partial charge in [-0.1, -0.05) is 58.4 Å². The maximum absolute atomic E-state index is 13.7. The summed E-state index contributed by atoms with van der Waals surface area (Å²) in [6.07, 6.45) is -0.915. The molecule has 6 nitrogen and oxygen atoms in total. The summed E-state index contributed by atoms with van der Waals surface area (Å²) < 4.78 is 6.57. The van der Waals surface area contributed by atoms with Crippen molar-refractivity contribution in [2.45, 2.75) is 19.1 Å². The standard InChI is InChI=1S/C25H21BrN2O4/c1-2-31-20-14-7-6-13-19(20)27-24(29)21-22(16-9-8-10-17(26)15-16)28(32-23(21)25(27)30)18-11-4-3-5-12-18/h3-15,21-23H,2H2,1H3/t21-,22+,23-/m0/s1. The number of hydroxylamine groups is 1. The average Bonchev–Trinajstić information content (AvgIpc) is 3.31. The number of anilines is 2. The van der Waals surface area contributed by atoms with Crippen molar-refractivity contribution in [1.82, 2.24) is 0 Å². The summed E-state index contributed by atoms with van der Waals surface area (Å²) in [5.74, 6) is -0.872. The van der Waals surface area contributed by atoms with E-state index >= 15 is 0 Å². The van der Waals surface area contributed by atoms with E-state index in [0.29, 0.717) is 18.0 Å². The molecule has 5 rings (SSSR count). The second kappa shape index (κ2) is 8.41. The fourth-order valence-corrected chi connectivity index (χ4v) is 4.82. The van der Waals surface area contributed by atoms with E-state index in [4.69, 9.17) is 9.57 Å². The van der Waals surface area contributed by atoms with Crippen LogP contribution in [0.3, 0.4) is 0 Å². The summed E-state index contributed by atoms with van der Waals surface area (Å²) in [4.78, 5) is 34.6. The van der Waals surface area contributed by atoms with E-state index in [1.54, 1.807) is 23.3 Å². The summed E-state index contributed by atoms with van der Waals surface area (Å²) in [5.41, 5.74) is 2.12. The normalized spacial score (nSPS) is 22.4. The van der Waals surface area contributed by atoms with Gasteiger partial charge in [0.25, 0.3) is 5.91 Å². The Bertz CT molecular complexity index is 1170. The van der Waals surface area contributed by atoms with Crippen molar-refractivity contribution in [1.29, 1.82) is 0 Å². The van der Waals surface area contributed by atoms with Gasteiger partial charge in [-0.15, -0.1) is 0 Å². The Morgan fingerprint density at radius 1 is 0.938 bits per heavy atom. The first-order valence-electron chi connectivity index (χ1n) is 10.5. The lowest BCUT2D eigenvalue weighted by Gasteiger charge is -2.29. The average molecular weight is 493 g/mol. The molecule has 7 heteroatoms. The summed E-state index contributed by atoms with van der Waals surface area (Å²) in [6, 6.07) is 23.9. The van der Waals surface area contributed by atoms with Crippen molar-refractivity contribution >= 4 is 39.1 Å². The molecule has 0 spiro atoms. The summed E-state index contributed by atoms with van der Waals surface area (Å²) >= 11 is 3.52. The number of hydrogen-bond acceptors (Lipinski definition) is 5. The van der Waals surface area contributed by atoms with Gasteiger partial charge < -0.3 is 4.74 Å². The molecule has 3 aromatic rings. The van der Waals surface area contributed by atoms with Crippen LogP contribution in [-0.4, -0.2) is 24.5 Å². The number of amides is 2. The van der Waals surface area contributed by atoms with Crippen molar-refractivity contribution < 1.29 is 19.2 Å². The molecular formula is C25H21BrN2O4. The fraction of sp³-hybridized carbons (Fsp3) is 0.200. The molecule has 0 unspecified atom stereocenters. The van der Waals surface area contributed by atoms with Gasteiger partial charge in [-0.25, -0.2) is 9.96 Å². The highest BCUT2D eigenvalue weighted by molar-refractivity contribution is 9.10. The number of imide groups is 1. The Hall–Kier alpha value is -3.16. The Morgan fingerprint density at radius 2 is 1.69 bits per heavy atom. The fourth-order valence-electron chi connectivity index (χ4n) is 4.40. The molecule has 0 aromatic heterocycles. The van der Waals surface area contributed by atoms with E-state index in [0.717, 1.165) is 15.7 Å². The lowest BCUT2D eigenvalue weighted by atomic mass is 9.90. The Labute approximate surface area is 194 Å². The number of fused-ring (bicyclic) bond motifs is 1. The van der Waals surface area contributed by atoms with Crippen LogP contribution in [0, 0.1) is 5.92 Å². The maximum Gasteiger partial charge on any atom is 0.266 e. The molecule has 0 N–H and O–H groups in total. The molecule has 0 saturated carbocycles. The van der Waals surface area contributed by atoms with Crippen molar-refractivity contribution in [3.63, 3.8) is 0 Å². The van der Waals surface area contributed by atoms with Crippen LogP contribution >= 0.6 is 15.9 Å². The van der Waals surface area contributed by atoms with Crippen LogP contribution in [0.4, 0.5) is 11.4 Å². The second-order valence-electron chi connectivity index (χ2n) is 7.63. The molecule has 2 aliphatic heterocycles. The number of para-hydroxylation sites is 3. The summed E-state index contributed by atoms with van der Waals surface area (Å²) in [5, 5.41) is 1.69. The van der Waals surface area contributed by atoms with E-state index in [1.165, 1.54) is 4.90 Å². The highest BCUT2D eigenvalue weighted by Gasteiger charge is 2.60. The third kappa shape index (κ3) is 3.38. The molecule has 0 radical (unpaired) electrons. The molecule has 162 valence electrons. The SMILES string of the molecule is CCOc1ccccc1N1C(=O)[C@@H]2[C@H](ON(c3ccccc3)[C@@H]2c2cccc(Br)c2)C1=O. The minimum atomic E-state index is -0.915. The molecule has 0 aliphatic carbocycles. The minimum Gasteiger partial charge on any atom is -0.492 e.